The summed E-state index contributed by atoms with van der Waals surface area (Å²) in [7, 11) is 0. The van der Waals surface area contributed by atoms with Crippen LogP contribution < -0.4 is 0 Å². The first kappa shape index (κ1) is 23.9. The third kappa shape index (κ3) is 17.3. The Morgan fingerprint density at radius 3 is 1.50 bits per heavy atom. The molecule has 156 valence electrons. The highest BCUT2D eigenvalue weighted by Gasteiger charge is 2.26. The molecule has 3 nitrogen and oxygen atoms in total. The molecule has 0 amide bonds. The van der Waals surface area contributed by atoms with E-state index in [9.17, 15) is 0 Å². The average molecular weight is 371 g/mol. The molecule has 0 saturated carbocycles. The molecule has 3 unspecified atom stereocenters. The van der Waals surface area contributed by atoms with Gasteiger partial charge in [-0.15, -0.1) is 0 Å². The van der Waals surface area contributed by atoms with Gasteiger partial charge in [-0.05, 0) is 5.92 Å². The van der Waals surface area contributed by atoms with Crippen LogP contribution in [-0.4, -0.2) is 38.6 Å². The lowest BCUT2D eigenvalue weighted by molar-refractivity contribution is 0.102. The molecule has 0 spiro atoms. The maximum Gasteiger partial charge on any atom is 0.104 e. The Balaban J connectivity index is 0.000000308. The summed E-state index contributed by atoms with van der Waals surface area (Å²) in [4.78, 5) is 0. The fraction of sp³-hybridized carbons (Fsp3) is 1.00. The van der Waals surface area contributed by atoms with Gasteiger partial charge in [0.05, 0.1) is 26.4 Å². The summed E-state index contributed by atoms with van der Waals surface area (Å²) in [5.41, 5.74) is 0. The predicted molar refractivity (Wildman–Crippen MR) is 111 cm³/mol. The Hall–Kier alpha value is -0.120. The van der Waals surface area contributed by atoms with Crippen molar-refractivity contribution in [3.8, 4) is 0 Å². The van der Waals surface area contributed by atoms with Crippen molar-refractivity contribution in [3.05, 3.63) is 0 Å². The molecule has 0 aliphatic carbocycles. The Morgan fingerprint density at radius 1 is 0.692 bits per heavy atom. The monoisotopic (exact) mass is 370 g/mol. The summed E-state index contributed by atoms with van der Waals surface area (Å²) >= 11 is 0. The van der Waals surface area contributed by atoms with Crippen LogP contribution in [0, 0.1) is 5.92 Å². The lowest BCUT2D eigenvalue weighted by atomic mass is 9.96. The van der Waals surface area contributed by atoms with Crippen LogP contribution in [-0.2, 0) is 14.2 Å². The largest absolute Gasteiger partial charge is 0.376 e. The number of epoxide rings is 2. The van der Waals surface area contributed by atoms with E-state index in [1.165, 1.54) is 83.5 Å². The zero-order chi connectivity index (χ0) is 18.9. The van der Waals surface area contributed by atoms with E-state index < -0.39 is 0 Å². The summed E-state index contributed by atoms with van der Waals surface area (Å²) in [5.74, 6) is 0.975. The molecule has 3 heteroatoms. The van der Waals surface area contributed by atoms with E-state index in [1.54, 1.807) is 0 Å². The highest BCUT2D eigenvalue weighted by molar-refractivity contribution is 4.71. The molecule has 2 rings (SSSR count). The molecular weight excluding hydrogens is 324 g/mol. The van der Waals surface area contributed by atoms with Gasteiger partial charge in [-0.25, -0.2) is 0 Å². The van der Waals surface area contributed by atoms with Crippen molar-refractivity contribution < 1.29 is 14.2 Å². The molecule has 2 heterocycles. The highest BCUT2D eigenvalue weighted by atomic mass is 16.6. The smallest absolute Gasteiger partial charge is 0.104 e. The van der Waals surface area contributed by atoms with E-state index in [0.717, 1.165) is 32.3 Å². The van der Waals surface area contributed by atoms with Crippen LogP contribution in [0.3, 0.4) is 0 Å². The van der Waals surface area contributed by atoms with E-state index in [2.05, 4.69) is 20.8 Å². The SMILES string of the molecule is C(OCC1CO1)C1CO1.CCCCCCCCCC(C)CCCCCC. The fourth-order valence-corrected chi connectivity index (χ4v) is 3.17. The topological polar surface area (TPSA) is 34.3 Å². The second-order valence-corrected chi connectivity index (χ2v) is 8.31. The zero-order valence-corrected chi connectivity index (χ0v) is 18.0. The van der Waals surface area contributed by atoms with Crippen molar-refractivity contribution >= 4 is 0 Å². The molecule has 0 radical (unpaired) electrons. The first-order valence-corrected chi connectivity index (χ1v) is 11.6. The molecule has 0 bridgehead atoms. The molecule has 0 N–H and O–H groups in total. The molecular formula is C23H46O3. The van der Waals surface area contributed by atoms with Gasteiger partial charge in [0, 0.05) is 0 Å². The minimum atomic E-state index is 0.392. The standard InChI is InChI=1S/C17H36.C6H10O3/c1-4-6-8-10-11-12-14-16-17(3)15-13-9-7-5-2;1(5-3-8-5)7-2-6-4-9-6/h17H,4-16H2,1-3H3;5-6H,1-4H2. The van der Waals surface area contributed by atoms with E-state index in [1.807, 2.05) is 0 Å². The first-order chi connectivity index (χ1) is 12.8. The molecule has 2 fully saturated rings. The van der Waals surface area contributed by atoms with Crippen molar-refractivity contribution in [2.45, 2.75) is 116 Å². The molecule has 2 saturated heterocycles. The molecule has 0 aromatic rings. The second-order valence-electron chi connectivity index (χ2n) is 8.31. The van der Waals surface area contributed by atoms with Gasteiger partial charge in [-0.1, -0.05) is 104 Å². The lowest BCUT2D eigenvalue weighted by Gasteiger charge is -2.10. The van der Waals surface area contributed by atoms with Crippen LogP contribution in [0.2, 0.25) is 0 Å². The average Bonchev–Trinajstić information content (AvgIpc) is 3.54. The van der Waals surface area contributed by atoms with E-state index in [0.29, 0.717) is 12.2 Å². The number of hydrogen-bond donors (Lipinski definition) is 0. The summed E-state index contributed by atoms with van der Waals surface area (Å²) in [6.45, 7) is 10.3. The highest BCUT2D eigenvalue weighted by Crippen LogP contribution is 2.18. The van der Waals surface area contributed by atoms with Gasteiger partial charge in [0.2, 0.25) is 0 Å². The van der Waals surface area contributed by atoms with Gasteiger partial charge in [0.15, 0.2) is 0 Å². The number of rotatable bonds is 17. The third-order valence-electron chi connectivity index (χ3n) is 5.26. The van der Waals surface area contributed by atoms with Crippen molar-refractivity contribution in [1.29, 1.82) is 0 Å². The second kappa shape index (κ2) is 17.0. The maximum atomic E-state index is 5.23. The lowest BCUT2D eigenvalue weighted by Crippen LogP contribution is -2.06. The molecule has 0 aromatic carbocycles. The maximum absolute atomic E-state index is 5.23. The van der Waals surface area contributed by atoms with Crippen molar-refractivity contribution in [2.24, 2.45) is 5.92 Å². The van der Waals surface area contributed by atoms with Gasteiger partial charge in [0.25, 0.3) is 0 Å². The van der Waals surface area contributed by atoms with Crippen LogP contribution >= 0.6 is 0 Å². The Bertz CT molecular complexity index is 275. The summed E-state index contributed by atoms with van der Waals surface area (Å²) in [6, 6.07) is 0. The summed E-state index contributed by atoms with van der Waals surface area (Å²) < 4.78 is 15.1. The molecule has 2 aliphatic rings. The van der Waals surface area contributed by atoms with E-state index >= 15 is 0 Å². The number of ether oxygens (including phenoxy) is 3. The molecule has 0 aromatic heterocycles. The minimum absolute atomic E-state index is 0.392. The van der Waals surface area contributed by atoms with Gasteiger partial charge in [-0.3, -0.25) is 0 Å². The van der Waals surface area contributed by atoms with Gasteiger partial charge in [-0.2, -0.15) is 0 Å². The Labute approximate surface area is 163 Å². The van der Waals surface area contributed by atoms with Crippen LogP contribution in [0.25, 0.3) is 0 Å². The molecule has 3 atom stereocenters. The van der Waals surface area contributed by atoms with Crippen LogP contribution in [0.15, 0.2) is 0 Å². The Kier molecular flexibility index (Phi) is 15.6. The summed E-state index contributed by atoms with van der Waals surface area (Å²) in [6.07, 6.45) is 19.6. The number of hydrogen-bond acceptors (Lipinski definition) is 3. The van der Waals surface area contributed by atoms with Crippen LogP contribution in [0.1, 0.15) is 104 Å². The Morgan fingerprint density at radius 2 is 1.08 bits per heavy atom. The quantitative estimate of drug-likeness (QED) is 0.215. The van der Waals surface area contributed by atoms with Gasteiger partial charge in [0.1, 0.15) is 12.2 Å². The van der Waals surface area contributed by atoms with E-state index in [4.69, 9.17) is 14.2 Å². The minimum Gasteiger partial charge on any atom is -0.376 e. The zero-order valence-electron chi connectivity index (χ0n) is 18.0. The first-order valence-electron chi connectivity index (χ1n) is 11.6. The van der Waals surface area contributed by atoms with Crippen molar-refractivity contribution in [1.82, 2.24) is 0 Å². The van der Waals surface area contributed by atoms with Crippen molar-refractivity contribution in [3.63, 3.8) is 0 Å². The normalized spacial score (nSPS) is 21.8. The van der Waals surface area contributed by atoms with Crippen molar-refractivity contribution in [2.75, 3.05) is 26.4 Å². The van der Waals surface area contributed by atoms with Crippen LogP contribution in [0.4, 0.5) is 0 Å². The molecule has 26 heavy (non-hydrogen) atoms. The predicted octanol–water partition coefficient (Wildman–Crippen LogP) is 6.53. The van der Waals surface area contributed by atoms with Gasteiger partial charge >= 0.3 is 0 Å². The number of unbranched alkanes of at least 4 members (excludes halogenated alkanes) is 9. The fourth-order valence-electron chi connectivity index (χ4n) is 3.17. The third-order valence-corrected chi connectivity index (χ3v) is 5.26. The van der Waals surface area contributed by atoms with Gasteiger partial charge < -0.3 is 14.2 Å². The van der Waals surface area contributed by atoms with E-state index in [-0.39, 0.29) is 0 Å². The van der Waals surface area contributed by atoms with Crippen LogP contribution in [0.5, 0.6) is 0 Å². The summed E-state index contributed by atoms with van der Waals surface area (Å²) in [5, 5.41) is 0. The molecule has 2 aliphatic heterocycles.